The maximum atomic E-state index is 13.8. The van der Waals surface area contributed by atoms with Crippen LogP contribution < -0.4 is 10.6 Å². The zero-order valence-corrected chi connectivity index (χ0v) is 24.6. The molecule has 2 saturated heterocycles. The summed E-state index contributed by atoms with van der Waals surface area (Å²) in [4.78, 5) is 28.3. The third kappa shape index (κ3) is 6.51. The Balaban J connectivity index is 1.23. The number of aromatic amines is 1. The van der Waals surface area contributed by atoms with Crippen LogP contribution in [0.2, 0.25) is 0 Å². The normalized spacial score (nSPS) is 19.5. The Morgan fingerprint density at radius 3 is 2.52 bits per heavy atom. The molecule has 0 spiro atoms. The molecule has 3 aliphatic rings. The minimum atomic E-state index is -4.24. The maximum absolute atomic E-state index is 13.8. The molecule has 3 aliphatic heterocycles. The molecular weight excluding hydrogens is 598 g/mol. The minimum Gasteiger partial charge on any atom is -0.379 e. The number of aromatic nitrogens is 2. The van der Waals surface area contributed by atoms with Crippen molar-refractivity contribution < 1.29 is 36.3 Å². The molecule has 1 aromatic heterocycles. The first-order chi connectivity index (χ1) is 21.2. The number of hydrogen-bond donors (Lipinski definition) is 3. The van der Waals surface area contributed by atoms with E-state index in [1.54, 1.807) is 12.1 Å². The topological polar surface area (TPSA) is 146 Å². The number of rotatable bonds is 8. The van der Waals surface area contributed by atoms with Gasteiger partial charge >= 0.3 is 0 Å². The quantitative estimate of drug-likeness (QED) is 0.345. The number of nitrogens with zero attached hydrogens (tertiary/aromatic N) is 3. The van der Waals surface area contributed by atoms with Gasteiger partial charge in [0.05, 0.1) is 29.4 Å². The zero-order chi connectivity index (χ0) is 30.8. The number of fused-ring (bicyclic) bond motifs is 1. The summed E-state index contributed by atoms with van der Waals surface area (Å²) < 4.78 is 66.1. The number of hydrogen-bond acceptors (Lipinski definition) is 8. The first kappa shape index (κ1) is 30.3. The van der Waals surface area contributed by atoms with Gasteiger partial charge in [-0.15, -0.1) is 0 Å². The van der Waals surface area contributed by atoms with Crippen molar-refractivity contribution >= 4 is 33.3 Å². The van der Waals surface area contributed by atoms with Crippen molar-refractivity contribution in [2.45, 2.75) is 43.4 Å². The van der Waals surface area contributed by atoms with Crippen molar-refractivity contribution in [2.75, 3.05) is 50.1 Å². The summed E-state index contributed by atoms with van der Waals surface area (Å²) in [5.74, 6) is -2.80. The summed E-state index contributed by atoms with van der Waals surface area (Å²) in [6, 6.07) is 7.35. The smallest absolute Gasteiger partial charge is 0.258 e. The van der Waals surface area contributed by atoms with Crippen molar-refractivity contribution in [2.24, 2.45) is 0 Å². The number of halogens is 2. The molecule has 2 fully saturated rings. The van der Waals surface area contributed by atoms with Crippen LogP contribution in [0, 0.1) is 11.6 Å². The Labute approximate surface area is 252 Å². The molecule has 12 nitrogen and oxygen atoms in total. The lowest BCUT2D eigenvalue weighted by Crippen LogP contribution is -2.36. The van der Waals surface area contributed by atoms with Gasteiger partial charge in [-0.1, -0.05) is 6.07 Å². The van der Waals surface area contributed by atoms with Gasteiger partial charge in [-0.05, 0) is 42.7 Å². The number of ether oxygens (including phenoxy) is 2. The molecule has 0 saturated carbocycles. The van der Waals surface area contributed by atoms with Crippen molar-refractivity contribution in [1.29, 1.82) is 0 Å². The van der Waals surface area contributed by atoms with Gasteiger partial charge in [0, 0.05) is 63.1 Å². The molecule has 15 heteroatoms. The molecule has 2 aromatic carbocycles. The predicted octanol–water partition coefficient (Wildman–Crippen LogP) is 2.64. The van der Waals surface area contributed by atoms with Crippen molar-refractivity contribution in [3.63, 3.8) is 0 Å². The summed E-state index contributed by atoms with van der Waals surface area (Å²) >= 11 is 0. The van der Waals surface area contributed by atoms with Crippen molar-refractivity contribution in [1.82, 2.24) is 19.4 Å². The number of carbonyl (C=O) groups is 2. The van der Waals surface area contributed by atoms with E-state index >= 15 is 0 Å². The Bertz CT molecular complexity index is 1650. The number of sulfonamides is 1. The Morgan fingerprint density at radius 2 is 1.80 bits per heavy atom. The van der Waals surface area contributed by atoms with Gasteiger partial charge in [0.25, 0.3) is 11.8 Å². The first-order valence-corrected chi connectivity index (χ1v) is 15.8. The van der Waals surface area contributed by atoms with Crippen molar-refractivity contribution in [3.8, 4) is 0 Å². The lowest BCUT2D eigenvalue weighted by atomic mass is 10.1. The van der Waals surface area contributed by atoms with Crippen LogP contribution >= 0.6 is 0 Å². The fraction of sp³-hybridized carbons (Fsp3) is 0.414. The number of H-pyrrole nitrogens is 1. The first-order valence-electron chi connectivity index (χ1n) is 14.4. The molecule has 4 heterocycles. The van der Waals surface area contributed by atoms with E-state index in [0.29, 0.717) is 55.8 Å². The highest BCUT2D eigenvalue weighted by atomic mass is 32.2. The molecule has 0 unspecified atom stereocenters. The fourth-order valence-electron chi connectivity index (χ4n) is 5.59. The monoisotopic (exact) mass is 630 g/mol. The SMILES string of the molecule is O=C(Nc1n[nH]c2c1CN(S(=O)(=O)c1cc(F)cc(F)c1)CC2)c1ccc(CN2CCOCC2)cc1NC(=O)[C@@H]1CCCO1. The van der Waals surface area contributed by atoms with Gasteiger partial charge < -0.3 is 20.1 Å². The highest BCUT2D eigenvalue weighted by Crippen LogP contribution is 2.30. The zero-order valence-electron chi connectivity index (χ0n) is 23.8. The van der Waals surface area contributed by atoms with E-state index in [4.69, 9.17) is 9.47 Å². The molecule has 2 amide bonds. The highest BCUT2D eigenvalue weighted by molar-refractivity contribution is 7.89. The summed E-state index contributed by atoms with van der Waals surface area (Å²) in [7, 11) is -4.24. The molecule has 3 N–H and O–H groups in total. The molecule has 44 heavy (non-hydrogen) atoms. The summed E-state index contributed by atoms with van der Waals surface area (Å²) in [5, 5.41) is 12.7. The van der Waals surface area contributed by atoms with E-state index < -0.39 is 38.6 Å². The molecule has 1 atom stereocenters. The van der Waals surface area contributed by atoms with Crippen LogP contribution in [0.5, 0.6) is 0 Å². The third-order valence-electron chi connectivity index (χ3n) is 7.92. The molecule has 234 valence electrons. The molecule has 6 rings (SSSR count). The second-order valence-corrected chi connectivity index (χ2v) is 12.9. The van der Waals surface area contributed by atoms with Gasteiger partial charge in [-0.2, -0.15) is 9.40 Å². The summed E-state index contributed by atoms with van der Waals surface area (Å²) in [6.45, 7) is 3.78. The standard InChI is InChI=1S/C29H32F2N6O6S/c30-19-13-20(31)15-21(14-19)44(40,41)37-6-5-24-23(17-37)27(35-34-24)33-28(38)22-4-3-18(16-36-7-10-42-11-8-36)12-25(22)32-29(39)26-2-1-9-43-26/h3-4,12-15,26H,1-2,5-11,16-17H2,(H,32,39)(H2,33,34,35,38)/t26-/m0/s1. The minimum absolute atomic E-state index is 0.0487. The lowest BCUT2D eigenvalue weighted by Gasteiger charge is -2.27. The third-order valence-corrected chi connectivity index (χ3v) is 9.75. The van der Waals surface area contributed by atoms with Gasteiger partial charge in [-0.25, -0.2) is 17.2 Å². The second kappa shape index (κ2) is 12.7. The number of amides is 2. The van der Waals surface area contributed by atoms with Gasteiger partial charge in [0.15, 0.2) is 5.82 Å². The molecule has 3 aromatic rings. The van der Waals surface area contributed by atoms with E-state index in [-0.39, 0.29) is 36.8 Å². The highest BCUT2D eigenvalue weighted by Gasteiger charge is 2.33. The van der Waals surface area contributed by atoms with Crippen LogP contribution in [0.4, 0.5) is 20.3 Å². The lowest BCUT2D eigenvalue weighted by molar-refractivity contribution is -0.124. The summed E-state index contributed by atoms with van der Waals surface area (Å²) in [5.41, 5.74) is 2.46. The molecule has 0 aliphatic carbocycles. The Hall–Kier alpha value is -3.76. The van der Waals surface area contributed by atoms with Gasteiger partial charge in [-0.3, -0.25) is 19.6 Å². The molecule has 0 radical (unpaired) electrons. The van der Waals surface area contributed by atoms with Crippen molar-refractivity contribution in [3.05, 3.63) is 70.4 Å². The average molecular weight is 631 g/mol. The number of anilines is 2. The molecule has 0 bridgehead atoms. The number of benzene rings is 2. The largest absolute Gasteiger partial charge is 0.379 e. The van der Waals surface area contributed by atoms with E-state index in [1.807, 2.05) is 6.07 Å². The van der Waals surface area contributed by atoms with E-state index in [2.05, 4.69) is 25.7 Å². The number of morpholine rings is 1. The van der Waals surface area contributed by atoms with E-state index in [9.17, 15) is 26.8 Å². The van der Waals surface area contributed by atoms with Crippen LogP contribution in [0.25, 0.3) is 0 Å². The summed E-state index contributed by atoms with van der Waals surface area (Å²) in [6.07, 6.45) is 0.996. The fourth-order valence-corrected chi connectivity index (χ4v) is 7.04. The van der Waals surface area contributed by atoms with Crippen LogP contribution in [-0.2, 0) is 43.8 Å². The van der Waals surface area contributed by atoms with Crippen LogP contribution in [0.3, 0.4) is 0 Å². The van der Waals surface area contributed by atoms with Crippen LogP contribution in [-0.4, -0.2) is 85.2 Å². The number of carbonyl (C=O) groups excluding carboxylic acids is 2. The van der Waals surface area contributed by atoms with Gasteiger partial charge in [0.1, 0.15) is 17.7 Å². The van der Waals surface area contributed by atoms with Crippen LogP contribution in [0.15, 0.2) is 41.3 Å². The number of nitrogens with one attached hydrogen (secondary N) is 3. The van der Waals surface area contributed by atoms with E-state index in [1.165, 1.54) is 0 Å². The predicted molar refractivity (Wildman–Crippen MR) is 154 cm³/mol. The average Bonchev–Trinajstić information content (AvgIpc) is 3.68. The second-order valence-electron chi connectivity index (χ2n) is 10.9. The molecular formula is C29H32F2N6O6S. The Kier molecular flexibility index (Phi) is 8.73. The maximum Gasteiger partial charge on any atom is 0.258 e. The van der Waals surface area contributed by atoms with E-state index in [0.717, 1.165) is 41.5 Å². The van der Waals surface area contributed by atoms with Gasteiger partial charge in [0.2, 0.25) is 10.0 Å². The Morgan fingerprint density at radius 1 is 1.02 bits per heavy atom. The van der Waals surface area contributed by atoms with Crippen LogP contribution in [0.1, 0.15) is 40.0 Å².